The summed E-state index contributed by atoms with van der Waals surface area (Å²) in [7, 11) is 0. The molecule has 0 aromatic heterocycles. The van der Waals surface area contributed by atoms with Gasteiger partial charge in [-0.3, -0.25) is 14.5 Å². The normalized spacial score (nSPS) is 17.8. The molecule has 0 saturated carbocycles. The van der Waals surface area contributed by atoms with E-state index in [9.17, 15) is 14.7 Å². The molecule has 1 aromatic carbocycles. The molecule has 3 N–H and O–H groups in total. The molecule has 0 radical (unpaired) electrons. The molecule has 5 nitrogen and oxygen atoms in total. The van der Waals surface area contributed by atoms with Crippen LogP contribution in [-0.4, -0.2) is 34.2 Å². The van der Waals surface area contributed by atoms with Crippen molar-refractivity contribution in [1.29, 1.82) is 0 Å². The van der Waals surface area contributed by atoms with Gasteiger partial charge in [0.15, 0.2) is 0 Å². The van der Waals surface area contributed by atoms with E-state index in [4.69, 9.17) is 5.73 Å². The summed E-state index contributed by atoms with van der Waals surface area (Å²) in [5, 5.41) is 9.02. The van der Waals surface area contributed by atoms with E-state index in [0.717, 1.165) is 16.7 Å². The minimum atomic E-state index is -0.334. The fraction of sp³-hybridized carbons (Fsp3) is 0.167. The highest BCUT2D eigenvalue weighted by Gasteiger charge is 2.34. The number of rotatable bonds is 3. The number of carbonyl (C=O) groups is 2. The molecule has 1 saturated heterocycles. The van der Waals surface area contributed by atoms with Crippen molar-refractivity contribution in [2.24, 2.45) is 5.73 Å². The van der Waals surface area contributed by atoms with Crippen LogP contribution in [-0.2, 0) is 4.79 Å². The molecule has 0 unspecified atom stereocenters. The summed E-state index contributed by atoms with van der Waals surface area (Å²) in [4.78, 5) is 24.9. The minimum absolute atomic E-state index is 0.116. The van der Waals surface area contributed by atoms with Crippen LogP contribution in [0.15, 0.2) is 29.2 Å². The van der Waals surface area contributed by atoms with Crippen LogP contribution in [0.3, 0.4) is 0 Å². The molecule has 1 aromatic rings. The Morgan fingerprint density at radius 3 is 2.83 bits per heavy atom. The van der Waals surface area contributed by atoms with Crippen LogP contribution < -0.4 is 5.73 Å². The summed E-state index contributed by atoms with van der Waals surface area (Å²) in [6.07, 6.45) is 1.58. The van der Waals surface area contributed by atoms with Crippen molar-refractivity contribution < 1.29 is 14.7 Å². The Labute approximate surface area is 108 Å². The predicted molar refractivity (Wildman–Crippen MR) is 69.8 cm³/mol. The SMILES string of the molecule is NCCN1C(=O)S/C(=C\c2cccc(O)c2)C1=O. The summed E-state index contributed by atoms with van der Waals surface area (Å²) in [5.74, 6) is -0.219. The largest absolute Gasteiger partial charge is 0.508 e. The number of amides is 2. The second-order valence-electron chi connectivity index (χ2n) is 3.72. The van der Waals surface area contributed by atoms with Crippen molar-refractivity contribution in [3.8, 4) is 5.75 Å². The van der Waals surface area contributed by atoms with Gasteiger partial charge in [-0.25, -0.2) is 0 Å². The molecule has 1 aliphatic heterocycles. The number of hydrogen-bond acceptors (Lipinski definition) is 5. The van der Waals surface area contributed by atoms with Gasteiger partial charge in [0, 0.05) is 13.1 Å². The lowest BCUT2D eigenvalue weighted by molar-refractivity contribution is -0.122. The molecule has 0 spiro atoms. The second-order valence-corrected chi connectivity index (χ2v) is 4.71. The smallest absolute Gasteiger partial charge is 0.293 e. The zero-order valence-corrected chi connectivity index (χ0v) is 10.3. The number of aromatic hydroxyl groups is 1. The zero-order valence-electron chi connectivity index (χ0n) is 9.50. The first-order chi connectivity index (χ1) is 8.61. The molecular weight excluding hydrogens is 252 g/mol. The van der Waals surface area contributed by atoms with E-state index in [2.05, 4.69) is 0 Å². The maximum Gasteiger partial charge on any atom is 0.293 e. The van der Waals surface area contributed by atoms with Gasteiger partial charge in [0.1, 0.15) is 5.75 Å². The van der Waals surface area contributed by atoms with Gasteiger partial charge in [-0.05, 0) is 35.5 Å². The highest BCUT2D eigenvalue weighted by Crippen LogP contribution is 2.32. The van der Waals surface area contributed by atoms with Crippen molar-refractivity contribution in [2.45, 2.75) is 0 Å². The zero-order chi connectivity index (χ0) is 13.1. The van der Waals surface area contributed by atoms with Crippen LogP contribution >= 0.6 is 11.8 Å². The lowest BCUT2D eigenvalue weighted by Crippen LogP contribution is -2.33. The Hall–Kier alpha value is -1.79. The number of nitrogens with two attached hydrogens (primary N) is 1. The van der Waals surface area contributed by atoms with Gasteiger partial charge in [0.25, 0.3) is 11.1 Å². The van der Waals surface area contributed by atoms with Crippen molar-refractivity contribution in [3.63, 3.8) is 0 Å². The van der Waals surface area contributed by atoms with Crippen LogP contribution in [0, 0.1) is 0 Å². The number of nitrogens with zero attached hydrogens (tertiary/aromatic N) is 1. The quantitative estimate of drug-likeness (QED) is 0.806. The Balaban J connectivity index is 2.25. The van der Waals surface area contributed by atoms with Gasteiger partial charge in [-0.15, -0.1) is 0 Å². The first-order valence-electron chi connectivity index (χ1n) is 5.36. The third-order valence-corrected chi connectivity index (χ3v) is 3.30. The lowest BCUT2D eigenvalue weighted by Gasteiger charge is -2.09. The molecule has 2 rings (SSSR count). The van der Waals surface area contributed by atoms with Crippen molar-refractivity contribution >= 4 is 29.0 Å². The Bertz CT molecular complexity index is 528. The number of phenolic OH excluding ortho intramolecular Hbond substituents is 1. The third kappa shape index (κ3) is 2.55. The molecule has 1 fully saturated rings. The van der Waals surface area contributed by atoms with E-state index in [-0.39, 0.29) is 30.0 Å². The average Bonchev–Trinajstić information content (AvgIpc) is 2.57. The molecule has 1 heterocycles. The maximum atomic E-state index is 11.9. The molecular formula is C12H12N2O3S. The molecule has 0 aliphatic carbocycles. The third-order valence-electron chi connectivity index (χ3n) is 2.39. The fourth-order valence-corrected chi connectivity index (χ4v) is 2.45. The summed E-state index contributed by atoms with van der Waals surface area (Å²) < 4.78 is 0. The number of carbonyl (C=O) groups excluding carboxylic acids is 2. The van der Waals surface area contributed by atoms with Crippen LogP contribution in [0.4, 0.5) is 4.79 Å². The molecule has 18 heavy (non-hydrogen) atoms. The van der Waals surface area contributed by atoms with Crippen LogP contribution in [0.2, 0.25) is 0 Å². The Morgan fingerprint density at radius 2 is 2.17 bits per heavy atom. The Kier molecular flexibility index (Phi) is 3.69. The standard InChI is InChI=1S/C12H12N2O3S/c13-4-5-14-11(16)10(18-12(14)17)7-8-2-1-3-9(15)6-8/h1-3,6-7,15H,4-5,13H2/b10-7-. The summed E-state index contributed by atoms with van der Waals surface area (Å²) >= 11 is 0.884. The van der Waals surface area contributed by atoms with E-state index in [1.807, 2.05) is 0 Å². The van der Waals surface area contributed by atoms with E-state index < -0.39 is 0 Å². The van der Waals surface area contributed by atoms with Gasteiger partial charge in [-0.1, -0.05) is 12.1 Å². The van der Waals surface area contributed by atoms with Gasteiger partial charge in [-0.2, -0.15) is 0 Å². The van der Waals surface area contributed by atoms with Gasteiger partial charge >= 0.3 is 0 Å². The van der Waals surface area contributed by atoms with Crippen LogP contribution in [0.5, 0.6) is 5.75 Å². The topological polar surface area (TPSA) is 83.6 Å². The number of imide groups is 1. The summed E-state index contributed by atoms with van der Waals surface area (Å²) in [5.41, 5.74) is 6.02. The van der Waals surface area contributed by atoms with E-state index in [0.29, 0.717) is 10.5 Å². The summed E-state index contributed by atoms with van der Waals surface area (Å²) in [6.45, 7) is 0.472. The highest BCUT2D eigenvalue weighted by molar-refractivity contribution is 8.18. The van der Waals surface area contributed by atoms with Crippen molar-refractivity contribution in [1.82, 2.24) is 4.90 Å². The van der Waals surface area contributed by atoms with Gasteiger partial charge < -0.3 is 10.8 Å². The molecule has 1 aliphatic rings. The second kappa shape index (κ2) is 5.24. The van der Waals surface area contributed by atoms with Gasteiger partial charge in [0.2, 0.25) is 0 Å². The summed E-state index contributed by atoms with van der Waals surface area (Å²) in [6, 6.07) is 6.48. The highest BCUT2D eigenvalue weighted by atomic mass is 32.2. The fourth-order valence-electron chi connectivity index (χ4n) is 1.59. The van der Waals surface area contributed by atoms with E-state index in [1.165, 1.54) is 12.1 Å². The molecule has 94 valence electrons. The van der Waals surface area contributed by atoms with Crippen molar-refractivity contribution in [3.05, 3.63) is 34.7 Å². The molecule has 2 amide bonds. The number of phenols is 1. The van der Waals surface area contributed by atoms with E-state index >= 15 is 0 Å². The van der Waals surface area contributed by atoms with Crippen LogP contribution in [0.25, 0.3) is 6.08 Å². The maximum absolute atomic E-state index is 11.9. The number of benzene rings is 1. The van der Waals surface area contributed by atoms with Gasteiger partial charge in [0.05, 0.1) is 4.91 Å². The van der Waals surface area contributed by atoms with E-state index in [1.54, 1.807) is 18.2 Å². The first kappa shape index (κ1) is 12.7. The minimum Gasteiger partial charge on any atom is -0.508 e. The molecule has 0 atom stereocenters. The monoisotopic (exact) mass is 264 g/mol. The predicted octanol–water partition coefficient (Wildman–Crippen LogP) is 1.39. The lowest BCUT2D eigenvalue weighted by atomic mass is 10.2. The number of hydrogen-bond donors (Lipinski definition) is 2. The van der Waals surface area contributed by atoms with Crippen molar-refractivity contribution in [2.75, 3.05) is 13.1 Å². The average molecular weight is 264 g/mol. The molecule has 0 bridgehead atoms. The number of thioether (sulfide) groups is 1. The van der Waals surface area contributed by atoms with Crippen LogP contribution in [0.1, 0.15) is 5.56 Å². The molecule has 6 heteroatoms. The first-order valence-corrected chi connectivity index (χ1v) is 6.18. The Morgan fingerprint density at radius 1 is 1.39 bits per heavy atom.